The third-order valence-corrected chi connectivity index (χ3v) is 4.76. The number of hydrogen-bond acceptors (Lipinski definition) is 4. The number of likely N-dealkylation sites (tertiary alicyclic amines) is 1. The fourth-order valence-corrected chi connectivity index (χ4v) is 3.41. The second-order valence-corrected chi connectivity index (χ2v) is 6.62. The molecule has 1 unspecified atom stereocenters. The Labute approximate surface area is 187 Å². The molecule has 0 saturated carbocycles. The number of aliphatic imine (C=N–C) groups is 1. The number of hydrogen-bond donors (Lipinski definition) is 1. The number of aromatic nitrogens is 3. The van der Waals surface area contributed by atoms with Gasteiger partial charge in [0.1, 0.15) is 6.10 Å². The Balaban J connectivity index is 0.00000240. The van der Waals surface area contributed by atoms with E-state index in [0.717, 1.165) is 36.7 Å². The van der Waals surface area contributed by atoms with Crippen molar-refractivity contribution in [2.45, 2.75) is 19.1 Å². The normalized spacial score (nSPS) is 16.4. The molecule has 4 rings (SSSR count). The quantitative estimate of drug-likeness (QED) is 0.329. The van der Waals surface area contributed by atoms with Crippen molar-refractivity contribution in [1.29, 1.82) is 0 Å². The Bertz CT molecular complexity index is 916. The average molecular weight is 504 g/mol. The van der Waals surface area contributed by atoms with Crippen LogP contribution in [0.25, 0.3) is 5.69 Å². The molecule has 0 radical (unpaired) electrons. The van der Waals surface area contributed by atoms with Crippen LogP contribution in [0.3, 0.4) is 0 Å². The van der Waals surface area contributed by atoms with Crippen molar-refractivity contribution in [3.05, 3.63) is 72.7 Å². The summed E-state index contributed by atoms with van der Waals surface area (Å²) in [5.41, 5.74) is 2.22. The highest BCUT2D eigenvalue weighted by Crippen LogP contribution is 2.17. The van der Waals surface area contributed by atoms with E-state index >= 15 is 0 Å². The summed E-state index contributed by atoms with van der Waals surface area (Å²) in [5, 5.41) is 7.83. The van der Waals surface area contributed by atoms with Gasteiger partial charge in [-0.25, -0.2) is 9.67 Å². The lowest BCUT2D eigenvalue weighted by molar-refractivity contribution is 0.205. The van der Waals surface area contributed by atoms with Crippen molar-refractivity contribution in [3.8, 4) is 11.6 Å². The molecule has 7 nitrogen and oxygen atoms in total. The lowest BCUT2D eigenvalue weighted by atomic mass is 10.2. The molecule has 3 aromatic rings. The largest absolute Gasteiger partial charge is 0.472 e. The van der Waals surface area contributed by atoms with Gasteiger partial charge in [0.25, 0.3) is 0 Å². The van der Waals surface area contributed by atoms with Crippen LogP contribution in [0.2, 0.25) is 0 Å². The molecule has 3 heterocycles. The zero-order chi connectivity index (χ0) is 19.2. The number of para-hydroxylation sites is 1. The Morgan fingerprint density at radius 2 is 2.03 bits per heavy atom. The minimum Gasteiger partial charge on any atom is -0.472 e. The van der Waals surface area contributed by atoms with Gasteiger partial charge in [0.05, 0.1) is 12.2 Å². The summed E-state index contributed by atoms with van der Waals surface area (Å²) in [6, 6.07) is 15.9. The first-order chi connectivity index (χ1) is 13.8. The molecule has 0 aliphatic carbocycles. The topological polar surface area (TPSA) is 67.6 Å². The van der Waals surface area contributed by atoms with Gasteiger partial charge in [-0.05, 0) is 23.8 Å². The Kier molecular flexibility index (Phi) is 7.45. The van der Waals surface area contributed by atoms with E-state index in [4.69, 9.17) is 4.74 Å². The summed E-state index contributed by atoms with van der Waals surface area (Å²) in [7, 11) is 1.81. The van der Waals surface area contributed by atoms with E-state index in [-0.39, 0.29) is 30.1 Å². The van der Waals surface area contributed by atoms with E-state index in [1.807, 2.05) is 54.3 Å². The van der Waals surface area contributed by atoms with E-state index in [1.54, 1.807) is 12.4 Å². The fraction of sp³-hybridized carbons (Fsp3) is 0.286. The van der Waals surface area contributed by atoms with Crippen molar-refractivity contribution >= 4 is 29.9 Å². The molecule has 1 saturated heterocycles. The highest BCUT2D eigenvalue weighted by molar-refractivity contribution is 14.0. The van der Waals surface area contributed by atoms with Gasteiger partial charge in [-0.2, -0.15) is 5.10 Å². The van der Waals surface area contributed by atoms with E-state index in [1.165, 1.54) is 0 Å². The first-order valence-electron chi connectivity index (χ1n) is 9.44. The van der Waals surface area contributed by atoms with Gasteiger partial charge < -0.3 is 15.0 Å². The third kappa shape index (κ3) is 5.26. The summed E-state index contributed by atoms with van der Waals surface area (Å²) >= 11 is 0. The van der Waals surface area contributed by atoms with E-state index in [0.29, 0.717) is 12.4 Å². The first-order valence-corrected chi connectivity index (χ1v) is 9.44. The number of guanidine groups is 1. The monoisotopic (exact) mass is 504 g/mol. The fourth-order valence-electron chi connectivity index (χ4n) is 3.41. The van der Waals surface area contributed by atoms with Crippen LogP contribution in [0, 0.1) is 0 Å². The van der Waals surface area contributed by atoms with Gasteiger partial charge >= 0.3 is 0 Å². The number of ether oxygens (including phenoxy) is 1. The predicted molar refractivity (Wildman–Crippen MR) is 124 cm³/mol. The molecule has 8 heteroatoms. The molecule has 1 fully saturated rings. The molecular weight excluding hydrogens is 479 g/mol. The number of pyridine rings is 1. The minimum atomic E-state index is 0. The molecular formula is C21H25IN6O. The van der Waals surface area contributed by atoms with Crippen LogP contribution in [0.4, 0.5) is 0 Å². The Morgan fingerprint density at radius 3 is 2.79 bits per heavy atom. The van der Waals surface area contributed by atoms with Gasteiger partial charge in [-0.3, -0.25) is 4.99 Å². The first kappa shape index (κ1) is 21.1. The highest BCUT2D eigenvalue weighted by atomic mass is 127. The number of nitrogens with one attached hydrogen (secondary N) is 1. The molecule has 2 aromatic heterocycles. The standard InChI is InChI=1S/C21H24N6O.HI/c1-22-21(26-14-10-18(16-26)28-20-9-4-5-11-23-20)24-15-17-7-2-3-8-19(17)27-13-6-12-25-27;/h2-9,11-13,18H,10,14-16H2,1H3,(H,22,24);1H. The average Bonchev–Trinajstić information content (AvgIpc) is 3.42. The predicted octanol–water partition coefficient (Wildman–Crippen LogP) is 3.11. The van der Waals surface area contributed by atoms with Gasteiger partial charge in [0, 0.05) is 51.2 Å². The lowest BCUT2D eigenvalue weighted by Crippen LogP contribution is -2.40. The summed E-state index contributed by atoms with van der Waals surface area (Å²) in [6.07, 6.45) is 6.55. The van der Waals surface area contributed by atoms with Crippen molar-refractivity contribution in [3.63, 3.8) is 0 Å². The maximum absolute atomic E-state index is 5.98. The third-order valence-electron chi connectivity index (χ3n) is 4.76. The molecule has 29 heavy (non-hydrogen) atoms. The number of rotatable bonds is 5. The molecule has 1 N–H and O–H groups in total. The zero-order valence-corrected chi connectivity index (χ0v) is 18.6. The molecule has 1 aliphatic heterocycles. The van der Waals surface area contributed by atoms with Crippen LogP contribution < -0.4 is 10.1 Å². The van der Waals surface area contributed by atoms with E-state index in [2.05, 4.69) is 37.4 Å². The lowest BCUT2D eigenvalue weighted by Gasteiger charge is -2.22. The van der Waals surface area contributed by atoms with Crippen molar-refractivity contribution in [2.24, 2.45) is 4.99 Å². The number of benzene rings is 1. The SMILES string of the molecule is CN=C(NCc1ccccc1-n1cccn1)N1CCC(Oc2ccccn2)C1.I. The van der Waals surface area contributed by atoms with Crippen LogP contribution in [-0.2, 0) is 6.54 Å². The molecule has 0 bridgehead atoms. The molecule has 0 spiro atoms. The van der Waals surface area contributed by atoms with Crippen LogP contribution in [0.5, 0.6) is 5.88 Å². The second-order valence-electron chi connectivity index (χ2n) is 6.62. The summed E-state index contributed by atoms with van der Waals surface area (Å²) in [4.78, 5) is 10.9. The summed E-state index contributed by atoms with van der Waals surface area (Å²) in [5.74, 6) is 1.55. The Hall–Kier alpha value is -2.62. The maximum Gasteiger partial charge on any atom is 0.213 e. The zero-order valence-electron chi connectivity index (χ0n) is 16.3. The maximum atomic E-state index is 5.98. The van der Waals surface area contributed by atoms with E-state index < -0.39 is 0 Å². The van der Waals surface area contributed by atoms with E-state index in [9.17, 15) is 0 Å². The van der Waals surface area contributed by atoms with Crippen LogP contribution >= 0.6 is 24.0 Å². The summed E-state index contributed by atoms with van der Waals surface area (Å²) < 4.78 is 7.87. The Morgan fingerprint density at radius 1 is 1.17 bits per heavy atom. The van der Waals surface area contributed by atoms with Crippen LogP contribution in [0.15, 0.2) is 72.1 Å². The molecule has 1 atom stereocenters. The summed E-state index contributed by atoms with van der Waals surface area (Å²) in [6.45, 7) is 2.36. The van der Waals surface area contributed by atoms with Crippen molar-refractivity contribution in [2.75, 3.05) is 20.1 Å². The molecule has 152 valence electrons. The molecule has 1 aromatic carbocycles. The minimum absolute atomic E-state index is 0. The second kappa shape index (κ2) is 10.2. The number of nitrogens with zero attached hydrogens (tertiary/aromatic N) is 5. The number of halogens is 1. The van der Waals surface area contributed by atoms with Gasteiger partial charge in [-0.15, -0.1) is 24.0 Å². The molecule has 1 aliphatic rings. The highest BCUT2D eigenvalue weighted by Gasteiger charge is 2.26. The van der Waals surface area contributed by atoms with Crippen LogP contribution in [-0.4, -0.2) is 51.9 Å². The van der Waals surface area contributed by atoms with Gasteiger partial charge in [0.15, 0.2) is 5.96 Å². The smallest absolute Gasteiger partial charge is 0.213 e. The molecule has 0 amide bonds. The van der Waals surface area contributed by atoms with Crippen molar-refractivity contribution < 1.29 is 4.74 Å². The van der Waals surface area contributed by atoms with Crippen molar-refractivity contribution in [1.82, 2.24) is 25.0 Å². The van der Waals surface area contributed by atoms with Gasteiger partial charge in [-0.1, -0.05) is 24.3 Å². The van der Waals surface area contributed by atoms with Gasteiger partial charge in [0.2, 0.25) is 5.88 Å². The van der Waals surface area contributed by atoms with Crippen LogP contribution in [0.1, 0.15) is 12.0 Å².